The minimum Gasteiger partial charge on any atom is -0.494 e. The number of unbranched alkanes of at least 4 members (excludes halogenated alkanes) is 27. The fourth-order valence-electron chi connectivity index (χ4n) is 6.24. The molecule has 0 unspecified atom stereocenters. The molecule has 1 aromatic carbocycles. The Morgan fingerprint density at radius 1 is 0.442 bits per heavy atom. The summed E-state index contributed by atoms with van der Waals surface area (Å²) < 4.78 is 6.00. The molecule has 0 aliphatic heterocycles. The van der Waals surface area contributed by atoms with E-state index in [1.807, 2.05) is 30.5 Å². The van der Waals surface area contributed by atoms with Crippen LogP contribution in [0.4, 0.5) is 0 Å². The molecule has 2 heteroatoms. The first-order chi connectivity index (χ1) is 21.4. The van der Waals surface area contributed by atoms with E-state index < -0.39 is 0 Å². The normalized spacial score (nSPS) is 11.3. The summed E-state index contributed by atoms with van der Waals surface area (Å²) in [6, 6.07) is 14.3. The molecule has 0 spiro atoms. The van der Waals surface area contributed by atoms with Crippen LogP contribution in [0.2, 0.25) is 0 Å². The summed E-state index contributed by atoms with van der Waals surface area (Å²) >= 11 is 0. The van der Waals surface area contributed by atoms with Crippen LogP contribution in [-0.4, -0.2) is 11.6 Å². The average molecular weight is 592 g/mol. The van der Waals surface area contributed by atoms with Gasteiger partial charge in [0.1, 0.15) is 5.75 Å². The Morgan fingerprint density at radius 2 is 0.860 bits per heavy atom. The van der Waals surface area contributed by atoms with E-state index in [9.17, 15) is 0 Å². The van der Waals surface area contributed by atoms with E-state index >= 15 is 0 Å². The van der Waals surface area contributed by atoms with Gasteiger partial charge in [0.2, 0.25) is 0 Å². The zero-order valence-corrected chi connectivity index (χ0v) is 28.5. The van der Waals surface area contributed by atoms with E-state index in [0.717, 1.165) is 30.0 Å². The van der Waals surface area contributed by atoms with Gasteiger partial charge in [-0.25, -0.2) is 0 Å². The monoisotopic (exact) mass is 592 g/mol. The molecule has 0 aliphatic rings. The van der Waals surface area contributed by atoms with Crippen molar-refractivity contribution in [2.24, 2.45) is 0 Å². The first-order valence-corrected chi connectivity index (χ1v) is 19.0. The van der Waals surface area contributed by atoms with E-state index in [1.54, 1.807) is 0 Å². The first kappa shape index (κ1) is 37.4. The second-order valence-electron chi connectivity index (χ2n) is 13.1. The fraction of sp³-hybridized carbons (Fsp3) is 0.732. The highest BCUT2D eigenvalue weighted by Crippen LogP contribution is 2.22. The number of aromatic nitrogens is 1. The number of pyridine rings is 1. The van der Waals surface area contributed by atoms with Gasteiger partial charge in [-0.1, -0.05) is 198 Å². The lowest BCUT2D eigenvalue weighted by molar-refractivity contribution is 0.304. The molecule has 0 saturated carbocycles. The van der Waals surface area contributed by atoms with Crippen molar-refractivity contribution in [2.45, 2.75) is 187 Å². The van der Waals surface area contributed by atoms with Crippen LogP contribution >= 0.6 is 0 Å². The second-order valence-corrected chi connectivity index (χ2v) is 13.1. The van der Waals surface area contributed by atoms with Gasteiger partial charge in [-0.15, -0.1) is 0 Å². The maximum atomic E-state index is 6.00. The summed E-state index contributed by atoms with van der Waals surface area (Å²) in [6.07, 6.45) is 42.1. The molecule has 0 N–H and O–H groups in total. The summed E-state index contributed by atoms with van der Waals surface area (Å²) in [5, 5.41) is 0. The molecule has 1 aromatic heterocycles. The van der Waals surface area contributed by atoms with Gasteiger partial charge in [0.25, 0.3) is 0 Å². The highest BCUT2D eigenvalue weighted by Gasteiger charge is 2.01. The number of benzene rings is 1. The summed E-state index contributed by atoms with van der Waals surface area (Å²) in [5.74, 6) is 0.952. The highest BCUT2D eigenvalue weighted by atomic mass is 16.5. The van der Waals surface area contributed by atoms with Crippen LogP contribution < -0.4 is 4.74 Å². The van der Waals surface area contributed by atoms with E-state index in [-0.39, 0.29) is 0 Å². The van der Waals surface area contributed by atoms with Crippen molar-refractivity contribution >= 4 is 0 Å². The Labute approximate surface area is 268 Å². The molecule has 244 valence electrons. The summed E-state index contributed by atoms with van der Waals surface area (Å²) in [5.41, 5.74) is 2.12. The minimum atomic E-state index is 0.811. The van der Waals surface area contributed by atoms with Gasteiger partial charge in [-0.2, -0.15) is 0 Å². The summed E-state index contributed by atoms with van der Waals surface area (Å²) in [4.78, 5) is 4.44. The summed E-state index contributed by atoms with van der Waals surface area (Å²) in [7, 11) is 0. The number of hydrogen-bond acceptors (Lipinski definition) is 2. The van der Waals surface area contributed by atoms with Crippen molar-refractivity contribution in [3.05, 3.63) is 48.7 Å². The van der Waals surface area contributed by atoms with E-state index in [1.165, 1.54) is 173 Å². The van der Waals surface area contributed by atoms with Crippen LogP contribution in [0.3, 0.4) is 0 Å². The molecular formula is C41H69NO. The zero-order valence-electron chi connectivity index (χ0n) is 28.5. The van der Waals surface area contributed by atoms with E-state index in [0.29, 0.717) is 0 Å². The molecule has 2 nitrogen and oxygen atoms in total. The molecule has 0 aliphatic carbocycles. The van der Waals surface area contributed by atoms with Crippen LogP contribution in [0.1, 0.15) is 187 Å². The predicted octanol–water partition coefficient (Wildman–Crippen LogP) is 14.1. The van der Waals surface area contributed by atoms with Crippen LogP contribution in [-0.2, 0) is 0 Å². The molecule has 43 heavy (non-hydrogen) atoms. The lowest BCUT2D eigenvalue weighted by atomic mass is 10.0. The Morgan fingerprint density at radius 3 is 1.26 bits per heavy atom. The smallest absolute Gasteiger partial charge is 0.119 e. The van der Waals surface area contributed by atoms with Crippen molar-refractivity contribution in [2.75, 3.05) is 6.61 Å². The Hall–Kier alpha value is -1.83. The number of ether oxygens (including phenoxy) is 1. The molecule has 2 aromatic rings. The number of nitrogens with zero attached hydrogens (tertiary/aromatic N) is 1. The number of rotatable bonds is 31. The standard InChI is InChI=1S/C41H69NO/c1-2-3-4-5-6-7-8-9-10-11-12-13-14-15-16-17-18-19-20-21-22-23-24-25-26-27-28-31-37-43-40-34-32-33-39(38-40)41-35-29-30-36-42-41/h29-30,32-36,38H,2-28,31,37H2,1H3. The van der Waals surface area contributed by atoms with Crippen molar-refractivity contribution in [1.29, 1.82) is 0 Å². The molecule has 0 atom stereocenters. The van der Waals surface area contributed by atoms with Crippen LogP contribution in [0.25, 0.3) is 11.3 Å². The molecule has 0 radical (unpaired) electrons. The quantitative estimate of drug-likeness (QED) is 0.0814. The first-order valence-electron chi connectivity index (χ1n) is 19.0. The van der Waals surface area contributed by atoms with Gasteiger partial charge in [0.15, 0.2) is 0 Å². The Kier molecular flexibility index (Phi) is 25.1. The third-order valence-corrected chi connectivity index (χ3v) is 9.06. The Balaban J connectivity index is 1.22. The van der Waals surface area contributed by atoms with Gasteiger partial charge in [0.05, 0.1) is 12.3 Å². The van der Waals surface area contributed by atoms with Gasteiger partial charge in [-0.05, 0) is 30.7 Å². The lowest BCUT2D eigenvalue weighted by Crippen LogP contribution is -1.97. The van der Waals surface area contributed by atoms with Crippen molar-refractivity contribution < 1.29 is 4.74 Å². The molecule has 0 fully saturated rings. The van der Waals surface area contributed by atoms with Crippen LogP contribution in [0.15, 0.2) is 48.7 Å². The van der Waals surface area contributed by atoms with Gasteiger partial charge in [-0.3, -0.25) is 4.98 Å². The lowest BCUT2D eigenvalue weighted by Gasteiger charge is -2.08. The second kappa shape index (κ2) is 28.9. The molecule has 0 saturated heterocycles. The van der Waals surface area contributed by atoms with Gasteiger partial charge < -0.3 is 4.74 Å². The maximum absolute atomic E-state index is 6.00. The van der Waals surface area contributed by atoms with Crippen molar-refractivity contribution in [3.8, 4) is 17.0 Å². The summed E-state index contributed by atoms with van der Waals surface area (Å²) in [6.45, 7) is 3.12. The van der Waals surface area contributed by atoms with Crippen molar-refractivity contribution in [3.63, 3.8) is 0 Å². The molecule has 2 rings (SSSR count). The van der Waals surface area contributed by atoms with E-state index in [4.69, 9.17) is 4.74 Å². The molecule has 0 bridgehead atoms. The molecular weight excluding hydrogens is 522 g/mol. The van der Waals surface area contributed by atoms with E-state index in [2.05, 4.69) is 30.1 Å². The topological polar surface area (TPSA) is 22.1 Å². The average Bonchev–Trinajstić information content (AvgIpc) is 3.04. The van der Waals surface area contributed by atoms with Gasteiger partial charge >= 0.3 is 0 Å². The van der Waals surface area contributed by atoms with Crippen LogP contribution in [0, 0.1) is 0 Å². The molecule has 1 heterocycles. The maximum Gasteiger partial charge on any atom is 0.119 e. The number of hydrogen-bond donors (Lipinski definition) is 0. The largest absolute Gasteiger partial charge is 0.494 e. The van der Waals surface area contributed by atoms with Crippen molar-refractivity contribution in [1.82, 2.24) is 4.98 Å². The third-order valence-electron chi connectivity index (χ3n) is 9.06. The fourth-order valence-corrected chi connectivity index (χ4v) is 6.24. The predicted molar refractivity (Wildman–Crippen MR) is 190 cm³/mol. The molecule has 0 amide bonds. The highest BCUT2D eigenvalue weighted by molar-refractivity contribution is 5.60. The zero-order chi connectivity index (χ0) is 30.3. The minimum absolute atomic E-state index is 0.811. The SMILES string of the molecule is CCCCCCCCCCCCCCCCCCCCCCCCCCCCCCOc1cccc(-c2ccccn2)c1. The Bertz CT molecular complexity index is 835. The van der Waals surface area contributed by atoms with Crippen LogP contribution in [0.5, 0.6) is 5.75 Å². The third kappa shape index (κ3) is 22.4. The van der Waals surface area contributed by atoms with Gasteiger partial charge in [0, 0.05) is 11.8 Å².